The molecule has 16 heavy (non-hydrogen) atoms. The monoisotopic (exact) mass is 219 g/mol. The van der Waals surface area contributed by atoms with Crippen molar-refractivity contribution in [3.8, 4) is 0 Å². The van der Waals surface area contributed by atoms with Crippen molar-refractivity contribution in [1.29, 1.82) is 0 Å². The second-order valence-corrected chi connectivity index (χ2v) is 4.09. The van der Waals surface area contributed by atoms with Crippen LogP contribution >= 0.6 is 0 Å². The molecule has 0 bridgehead atoms. The molecule has 3 N–H and O–H groups in total. The number of anilines is 1. The molecule has 1 aliphatic heterocycles. The summed E-state index contributed by atoms with van der Waals surface area (Å²) in [5.41, 5.74) is 7.40. The SMILES string of the molecule is Nc1ccc(CNC(=O)N2CCCC2)cc1. The third kappa shape index (κ3) is 2.66. The Labute approximate surface area is 95.4 Å². The highest BCUT2D eigenvalue weighted by atomic mass is 16.2. The maximum Gasteiger partial charge on any atom is 0.317 e. The van der Waals surface area contributed by atoms with E-state index in [9.17, 15) is 4.79 Å². The van der Waals surface area contributed by atoms with Crippen LogP contribution in [0.25, 0.3) is 0 Å². The van der Waals surface area contributed by atoms with E-state index in [1.165, 1.54) is 0 Å². The molecule has 1 aromatic rings. The van der Waals surface area contributed by atoms with E-state index >= 15 is 0 Å². The van der Waals surface area contributed by atoms with Crippen LogP contribution in [0, 0.1) is 0 Å². The summed E-state index contributed by atoms with van der Waals surface area (Å²) in [5, 5.41) is 2.91. The van der Waals surface area contributed by atoms with Gasteiger partial charge in [0.1, 0.15) is 0 Å². The number of likely N-dealkylation sites (tertiary alicyclic amines) is 1. The zero-order valence-electron chi connectivity index (χ0n) is 9.28. The van der Waals surface area contributed by atoms with Gasteiger partial charge in [-0.1, -0.05) is 12.1 Å². The first-order valence-corrected chi connectivity index (χ1v) is 5.63. The molecular weight excluding hydrogens is 202 g/mol. The van der Waals surface area contributed by atoms with Crippen LogP contribution in [0.2, 0.25) is 0 Å². The minimum absolute atomic E-state index is 0.0364. The summed E-state index contributed by atoms with van der Waals surface area (Å²) in [4.78, 5) is 13.5. The predicted molar refractivity (Wildman–Crippen MR) is 63.9 cm³/mol. The van der Waals surface area contributed by atoms with E-state index in [0.717, 1.165) is 37.2 Å². The van der Waals surface area contributed by atoms with Crippen molar-refractivity contribution in [2.45, 2.75) is 19.4 Å². The van der Waals surface area contributed by atoms with Gasteiger partial charge in [0, 0.05) is 25.3 Å². The number of rotatable bonds is 2. The highest BCUT2D eigenvalue weighted by Gasteiger charge is 2.16. The van der Waals surface area contributed by atoms with Crippen LogP contribution in [0.3, 0.4) is 0 Å². The summed E-state index contributed by atoms with van der Waals surface area (Å²) in [7, 11) is 0. The van der Waals surface area contributed by atoms with E-state index in [0.29, 0.717) is 6.54 Å². The number of urea groups is 1. The Hall–Kier alpha value is -1.71. The van der Waals surface area contributed by atoms with Crippen LogP contribution < -0.4 is 11.1 Å². The number of hydrogen-bond acceptors (Lipinski definition) is 2. The van der Waals surface area contributed by atoms with E-state index < -0.39 is 0 Å². The highest BCUT2D eigenvalue weighted by molar-refractivity contribution is 5.74. The number of benzene rings is 1. The Morgan fingerprint density at radius 3 is 2.50 bits per heavy atom. The number of hydrogen-bond donors (Lipinski definition) is 2. The van der Waals surface area contributed by atoms with Crippen molar-refractivity contribution < 1.29 is 4.79 Å². The summed E-state index contributed by atoms with van der Waals surface area (Å²) in [6.45, 7) is 2.33. The van der Waals surface area contributed by atoms with Crippen LogP contribution in [0.15, 0.2) is 24.3 Å². The molecule has 0 aromatic heterocycles. The van der Waals surface area contributed by atoms with Crippen LogP contribution in [0.1, 0.15) is 18.4 Å². The third-order valence-electron chi connectivity index (χ3n) is 2.82. The molecule has 4 nitrogen and oxygen atoms in total. The second kappa shape index (κ2) is 4.88. The zero-order valence-corrected chi connectivity index (χ0v) is 9.28. The van der Waals surface area contributed by atoms with Gasteiger partial charge in [-0.15, -0.1) is 0 Å². The van der Waals surface area contributed by atoms with Crippen molar-refractivity contribution in [3.05, 3.63) is 29.8 Å². The number of nitrogens with two attached hydrogens (primary N) is 1. The molecule has 1 heterocycles. The first-order chi connectivity index (χ1) is 7.75. The standard InChI is InChI=1S/C12H17N3O/c13-11-5-3-10(4-6-11)9-14-12(16)15-7-1-2-8-15/h3-6H,1-2,7-9,13H2,(H,14,16). The molecule has 2 rings (SSSR count). The van der Waals surface area contributed by atoms with Crippen LogP contribution in [-0.2, 0) is 6.54 Å². The summed E-state index contributed by atoms with van der Waals surface area (Å²) in [5.74, 6) is 0. The van der Waals surface area contributed by atoms with Crippen molar-refractivity contribution in [2.24, 2.45) is 0 Å². The fraction of sp³-hybridized carbons (Fsp3) is 0.417. The molecule has 1 fully saturated rings. The van der Waals surface area contributed by atoms with E-state index in [2.05, 4.69) is 5.32 Å². The van der Waals surface area contributed by atoms with Crippen LogP contribution in [0.5, 0.6) is 0 Å². The molecule has 0 aliphatic carbocycles. The molecule has 2 amide bonds. The molecular formula is C12H17N3O. The van der Waals surface area contributed by atoms with E-state index in [-0.39, 0.29) is 6.03 Å². The smallest absolute Gasteiger partial charge is 0.317 e. The summed E-state index contributed by atoms with van der Waals surface area (Å²) >= 11 is 0. The average Bonchev–Trinajstić information content (AvgIpc) is 2.81. The van der Waals surface area contributed by atoms with Crippen molar-refractivity contribution >= 4 is 11.7 Å². The Morgan fingerprint density at radius 1 is 1.25 bits per heavy atom. The van der Waals surface area contributed by atoms with Gasteiger partial charge in [-0.2, -0.15) is 0 Å². The Morgan fingerprint density at radius 2 is 1.88 bits per heavy atom. The second-order valence-electron chi connectivity index (χ2n) is 4.09. The lowest BCUT2D eigenvalue weighted by Crippen LogP contribution is -2.37. The molecule has 0 spiro atoms. The molecule has 0 radical (unpaired) electrons. The fourth-order valence-corrected chi connectivity index (χ4v) is 1.85. The number of nitrogens with zero attached hydrogens (tertiary/aromatic N) is 1. The topological polar surface area (TPSA) is 58.4 Å². The molecule has 0 saturated carbocycles. The Kier molecular flexibility index (Phi) is 3.29. The van der Waals surface area contributed by atoms with Crippen molar-refractivity contribution in [2.75, 3.05) is 18.8 Å². The minimum atomic E-state index is 0.0364. The molecule has 1 aromatic carbocycles. The third-order valence-corrected chi connectivity index (χ3v) is 2.82. The van der Waals surface area contributed by atoms with Crippen LogP contribution in [0.4, 0.5) is 10.5 Å². The van der Waals surface area contributed by atoms with Gasteiger partial charge in [0.2, 0.25) is 0 Å². The van der Waals surface area contributed by atoms with Gasteiger partial charge < -0.3 is 16.0 Å². The van der Waals surface area contributed by atoms with E-state index in [1.54, 1.807) is 0 Å². The van der Waals surface area contributed by atoms with Gasteiger partial charge in [0.15, 0.2) is 0 Å². The van der Waals surface area contributed by atoms with Gasteiger partial charge in [-0.3, -0.25) is 0 Å². The first-order valence-electron chi connectivity index (χ1n) is 5.63. The number of carbonyl (C=O) groups excluding carboxylic acids is 1. The summed E-state index contributed by atoms with van der Waals surface area (Å²) < 4.78 is 0. The quantitative estimate of drug-likeness (QED) is 0.742. The largest absolute Gasteiger partial charge is 0.399 e. The molecule has 86 valence electrons. The highest BCUT2D eigenvalue weighted by Crippen LogP contribution is 2.08. The van der Waals surface area contributed by atoms with Gasteiger partial charge in [0.25, 0.3) is 0 Å². The molecule has 1 saturated heterocycles. The molecule has 4 heteroatoms. The number of nitrogen functional groups attached to an aromatic ring is 1. The lowest BCUT2D eigenvalue weighted by atomic mass is 10.2. The maximum absolute atomic E-state index is 11.7. The molecule has 0 atom stereocenters. The Balaban J connectivity index is 1.82. The number of nitrogens with one attached hydrogen (secondary N) is 1. The van der Waals surface area contributed by atoms with Crippen molar-refractivity contribution in [3.63, 3.8) is 0 Å². The van der Waals surface area contributed by atoms with Gasteiger partial charge in [-0.05, 0) is 30.5 Å². The fourth-order valence-electron chi connectivity index (χ4n) is 1.85. The van der Waals surface area contributed by atoms with Gasteiger partial charge in [0.05, 0.1) is 0 Å². The van der Waals surface area contributed by atoms with Gasteiger partial charge >= 0.3 is 6.03 Å². The maximum atomic E-state index is 11.7. The van der Waals surface area contributed by atoms with E-state index in [1.807, 2.05) is 29.2 Å². The Bertz CT molecular complexity index is 355. The zero-order chi connectivity index (χ0) is 11.4. The lowest BCUT2D eigenvalue weighted by molar-refractivity contribution is 0.208. The molecule has 1 aliphatic rings. The number of amides is 2. The minimum Gasteiger partial charge on any atom is -0.399 e. The van der Waals surface area contributed by atoms with E-state index in [4.69, 9.17) is 5.73 Å². The average molecular weight is 219 g/mol. The predicted octanol–water partition coefficient (Wildman–Crippen LogP) is 1.57. The normalized spacial score (nSPS) is 15.1. The first kappa shape index (κ1) is 10.8. The van der Waals surface area contributed by atoms with Gasteiger partial charge in [-0.25, -0.2) is 4.79 Å². The number of carbonyl (C=O) groups is 1. The summed E-state index contributed by atoms with van der Waals surface area (Å²) in [6, 6.07) is 7.59. The van der Waals surface area contributed by atoms with Crippen LogP contribution in [-0.4, -0.2) is 24.0 Å². The summed E-state index contributed by atoms with van der Waals surface area (Å²) in [6.07, 6.45) is 2.24. The lowest BCUT2D eigenvalue weighted by Gasteiger charge is -2.16. The molecule has 0 unspecified atom stereocenters. The van der Waals surface area contributed by atoms with Crippen molar-refractivity contribution in [1.82, 2.24) is 10.2 Å².